The topological polar surface area (TPSA) is 50.7 Å². The third-order valence-electron chi connectivity index (χ3n) is 3.14. The third-order valence-corrected chi connectivity index (χ3v) is 3.14. The number of carbonyl (C=O) groups is 1. The summed E-state index contributed by atoms with van der Waals surface area (Å²) in [5.41, 5.74) is 5.26. The molecule has 1 amide bonds. The van der Waals surface area contributed by atoms with Gasteiger partial charge in [0, 0.05) is 0 Å². The quantitative estimate of drug-likeness (QED) is 0.657. The minimum absolute atomic E-state index is 0.128. The van der Waals surface area contributed by atoms with Gasteiger partial charge in [0.2, 0.25) is 5.91 Å². The Morgan fingerprint density at radius 2 is 1.77 bits per heavy atom. The van der Waals surface area contributed by atoms with Gasteiger partial charge in [-0.25, -0.2) is 5.43 Å². The largest absolute Gasteiger partial charge is 0.494 e. The van der Waals surface area contributed by atoms with E-state index in [1.165, 1.54) is 0 Å². The molecule has 2 aromatic rings. The average Bonchev–Trinajstić information content (AvgIpc) is 2.54. The van der Waals surface area contributed by atoms with Crippen LogP contribution in [0.25, 0.3) is 0 Å². The lowest BCUT2D eigenvalue weighted by Crippen LogP contribution is -2.21. The molecule has 0 radical (unpaired) electrons. The molecule has 0 aromatic heterocycles. The summed E-state index contributed by atoms with van der Waals surface area (Å²) in [6, 6.07) is 17.2. The molecule has 0 aliphatic heterocycles. The van der Waals surface area contributed by atoms with Crippen LogP contribution in [0.3, 0.4) is 0 Å². The Kier molecular flexibility index (Phi) is 5.72. The van der Waals surface area contributed by atoms with Gasteiger partial charge >= 0.3 is 0 Å². The second kappa shape index (κ2) is 7.98. The lowest BCUT2D eigenvalue weighted by Gasteiger charge is -2.05. The fourth-order valence-corrected chi connectivity index (χ4v) is 1.99. The molecule has 2 aromatic carbocycles. The molecule has 1 N–H and O–H groups in total. The van der Waals surface area contributed by atoms with Crippen LogP contribution in [-0.4, -0.2) is 18.2 Å². The van der Waals surface area contributed by atoms with Crippen molar-refractivity contribution in [1.29, 1.82) is 0 Å². The summed E-state index contributed by atoms with van der Waals surface area (Å²) in [6.07, 6.45) is 0.320. The Morgan fingerprint density at radius 3 is 2.41 bits per heavy atom. The van der Waals surface area contributed by atoms with Crippen LogP contribution in [-0.2, 0) is 11.2 Å². The molecular weight excluding hydrogens is 276 g/mol. The molecule has 22 heavy (non-hydrogen) atoms. The smallest absolute Gasteiger partial charge is 0.244 e. The highest BCUT2D eigenvalue weighted by Crippen LogP contribution is 2.12. The Hall–Kier alpha value is -2.62. The molecule has 2 rings (SSSR count). The van der Waals surface area contributed by atoms with Crippen molar-refractivity contribution in [3.63, 3.8) is 0 Å². The minimum Gasteiger partial charge on any atom is -0.494 e. The van der Waals surface area contributed by atoms with Crippen molar-refractivity contribution in [2.75, 3.05) is 6.61 Å². The molecule has 0 unspecified atom stereocenters. The van der Waals surface area contributed by atoms with Gasteiger partial charge in [0.1, 0.15) is 5.75 Å². The van der Waals surface area contributed by atoms with E-state index in [0.29, 0.717) is 13.0 Å². The Balaban J connectivity index is 1.92. The van der Waals surface area contributed by atoms with Gasteiger partial charge in [-0.2, -0.15) is 5.10 Å². The van der Waals surface area contributed by atoms with Crippen LogP contribution in [0.5, 0.6) is 5.75 Å². The van der Waals surface area contributed by atoms with Gasteiger partial charge < -0.3 is 4.74 Å². The van der Waals surface area contributed by atoms with Gasteiger partial charge in [-0.15, -0.1) is 0 Å². The van der Waals surface area contributed by atoms with Gasteiger partial charge in [-0.05, 0) is 49.2 Å². The predicted molar refractivity (Wildman–Crippen MR) is 88.1 cm³/mol. The Labute approximate surface area is 130 Å². The standard InChI is InChI=1S/C18H20N2O2/c1-3-22-17-11-9-16(10-12-17)14(2)19-20-18(21)13-15-7-5-4-6-8-15/h4-12H,3,13H2,1-2H3,(H,20,21)/b19-14+. The number of carbonyl (C=O) groups excluding carboxylic acids is 1. The normalized spacial score (nSPS) is 11.1. The predicted octanol–water partition coefficient (Wildman–Crippen LogP) is 3.17. The molecule has 0 atom stereocenters. The van der Waals surface area contributed by atoms with Gasteiger partial charge in [-0.3, -0.25) is 4.79 Å². The van der Waals surface area contributed by atoms with Crippen molar-refractivity contribution >= 4 is 11.6 Å². The van der Waals surface area contributed by atoms with E-state index < -0.39 is 0 Å². The molecule has 0 saturated heterocycles. The number of hydrazone groups is 1. The monoisotopic (exact) mass is 296 g/mol. The van der Waals surface area contributed by atoms with E-state index in [2.05, 4.69) is 10.5 Å². The van der Waals surface area contributed by atoms with Crippen molar-refractivity contribution < 1.29 is 9.53 Å². The zero-order chi connectivity index (χ0) is 15.8. The number of nitrogens with one attached hydrogen (secondary N) is 1. The fraction of sp³-hybridized carbons (Fsp3) is 0.222. The molecule has 4 heteroatoms. The first kappa shape index (κ1) is 15.8. The molecule has 0 heterocycles. The van der Waals surface area contributed by atoms with Crippen molar-refractivity contribution in [3.8, 4) is 5.75 Å². The van der Waals surface area contributed by atoms with E-state index in [4.69, 9.17) is 4.74 Å². The summed E-state index contributed by atoms with van der Waals surface area (Å²) in [6.45, 7) is 4.45. The number of hydrogen-bond donors (Lipinski definition) is 1. The zero-order valence-electron chi connectivity index (χ0n) is 12.9. The first-order valence-corrected chi connectivity index (χ1v) is 7.29. The molecule has 0 aliphatic rings. The van der Waals surface area contributed by atoms with E-state index in [-0.39, 0.29) is 5.91 Å². The van der Waals surface area contributed by atoms with Crippen LogP contribution in [0.4, 0.5) is 0 Å². The highest BCUT2D eigenvalue weighted by atomic mass is 16.5. The molecule has 0 bridgehead atoms. The molecule has 0 saturated carbocycles. The maximum absolute atomic E-state index is 11.8. The number of amides is 1. The highest BCUT2D eigenvalue weighted by molar-refractivity contribution is 5.99. The molecule has 0 aliphatic carbocycles. The number of benzene rings is 2. The van der Waals surface area contributed by atoms with Crippen molar-refractivity contribution in [2.24, 2.45) is 5.10 Å². The summed E-state index contributed by atoms with van der Waals surface area (Å²) in [4.78, 5) is 11.8. The second-order valence-corrected chi connectivity index (χ2v) is 4.85. The van der Waals surface area contributed by atoms with E-state index in [0.717, 1.165) is 22.6 Å². The number of rotatable bonds is 6. The molecule has 0 fully saturated rings. The molecular formula is C18H20N2O2. The maximum atomic E-state index is 11.8. The summed E-state index contributed by atoms with van der Waals surface area (Å²) in [5.74, 6) is 0.698. The minimum atomic E-state index is -0.128. The SMILES string of the molecule is CCOc1ccc(/C(C)=N/NC(=O)Cc2ccccc2)cc1. The van der Waals surface area contributed by atoms with Crippen LogP contribution < -0.4 is 10.2 Å². The lowest BCUT2D eigenvalue weighted by atomic mass is 10.1. The van der Waals surface area contributed by atoms with E-state index >= 15 is 0 Å². The third kappa shape index (κ3) is 4.74. The first-order chi connectivity index (χ1) is 10.7. The van der Waals surface area contributed by atoms with Crippen LogP contribution >= 0.6 is 0 Å². The Morgan fingerprint density at radius 1 is 1.09 bits per heavy atom. The highest BCUT2D eigenvalue weighted by Gasteiger charge is 2.03. The van der Waals surface area contributed by atoms with Crippen LogP contribution in [0.1, 0.15) is 25.0 Å². The summed E-state index contributed by atoms with van der Waals surface area (Å²) < 4.78 is 5.40. The van der Waals surface area contributed by atoms with Gasteiger partial charge in [0.25, 0.3) is 0 Å². The summed E-state index contributed by atoms with van der Waals surface area (Å²) >= 11 is 0. The summed E-state index contributed by atoms with van der Waals surface area (Å²) in [7, 11) is 0. The zero-order valence-corrected chi connectivity index (χ0v) is 12.9. The number of nitrogens with zero attached hydrogens (tertiary/aromatic N) is 1. The number of ether oxygens (including phenoxy) is 1. The van der Waals surface area contributed by atoms with Crippen LogP contribution in [0, 0.1) is 0 Å². The van der Waals surface area contributed by atoms with Gasteiger partial charge in [0.15, 0.2) is 0 Å². The summed E-state index contributed by atoms with van der Waals surface area (Å²) in [5, 5.41) is 4.14. The molecule has 4 nitrogen and oxygen atoms in total. The van der Waals surface area contributed by atoms with Gasteiger partial charge in [-0.1, -0.05) is 30.3 Å². The number of hydrogen-bond acceptors (Lipinski definition) is 3. The van der Waals surface area contributed by atoms with Crippen LogP contribution in [0.2, 0.25) is 0 Å². The molecule has 114 valence electrons. The van der Waals surface area contributed by atoms with Crippen LogP contribution in [0.15, 0.2) is 59.7 Å². The first-order valence-electron chi connectivity index (χ1n) is 7.29. The molecule has 0 spiro atoms. The average molecular weight is 296 g/mol. The van der Waals surface area contributed by atoms with Crippen molar-refractivity contribution in [3.05, 3.63) is 65.7 Å². The van der Waals surface area contributed by atoms with Crippen molar-refractivity contribution in [2.45, 2.75) is 20.3 Å². The lowest BCUT2D eigenvalue weighted by molar-refractivity contribution is -0.120. The Bertz CT molecular complexity index is 634. The van der Waals surface area contributed by atoms with E-state index in [1.807, 2.05) is 68.4 Å². The fourth-order valence-electron chi connectivity index (χ4n) is 1.99. The second-order valence-electron chi connectivity index (χ2n) is 4.85. The van der Waals surface area contributed by atoms with Gasteiger partial charge in [0.05, 0.1) is 18.7 Å². The maximum Gasteiger partial charge on any atom is 0.244 e. The van der Waals surface area contributed by atoms with E-state index in [9.17, 15) is 4.79 Å². The van der Waals surface area contributed by atoms with Crippen molar-refractivity contribution in [1.82, 2.24) is 5.43 Å². The van der Waals surface area contributed by atoms with E-state index in [1.54, 1.807) is 0 Å².